The molecule has 8 rings (SSSR count). The first-order valence-electron chi connectivity index (χ1n) is 20.7. The lowest BCUT2D eigenvalue weighted by Crippen LogP contribution is -2.56. The first kappa shape index (κ1) is 49.7. The number of carbonyl (C=O) groups excluding carboxylic acids is 2. The van der Waals surface area contributed by atoms with E-state index in [0.717, 1.165) is 35.6 Å². The van der Waals surface area contributed by atoms with Gasteiger partial charge in [-0.1, -0.05) is 60.7 Å². The Kier molecular flexibility index (Phi) is 15.1. The van der Waals surface area contributed by atoms with Gasteiger partial charge in [-0.3, -0.25) is 4.79 Å². The van der Waals surface area contributed by atoms with Gasteiger partial charge in [0, 0.05) is 45.3 Å². The summed E-state index contributed by atoms with van der Waals surface area (Å²) in [5.41, 5.74) is 3.36. The molecule has 0 unspecified atom stereocenters. The fraction of sp³-hybridized carbons (Fsp3) is 0.306. The molecule has 4 aromatic carbocycles. The third kappa shape index (κ3) is 12.2. The highest BCUT2D eigenvalue weighted by Gasteiger charge is 2.39. The van der Waals surface area contributed by atoms with Crippen molar-refractivity contribution in [3.8, 4) is 33.8 Å². The van der Waals surface area contributed by atoms with Crippen LogP contribution in [0.3, 0.4) is 0 Å². The maximum absolute atomic E-state index is 13.7. The highest BCUT2D eigenvalue weighted by atomic mass is 35.5. The molecule has 2 aliphatic rings. The number of nitrogens with zero attached hydrogens (tertiary/aromatic N) is 1. The van der Waals surface area contributed by atoms with Gasteiger partial charge in [0.2, 0.25) is 0 Å². The summed E-state index contributed by atoms with van der Waals surface area (Å²) in [6.45, 7) is 9.90. The van der Waals surface area contributed by atoms with Crippen LogP contribution in [0.2, 0.25) is 0 Å². The Bertz CT molecular complexity index is 2640. The van der Waals surface area contributed by atoms with Crippen LogP contribution < -0.4 is 25.0 Å². The number of rotatable bonds is 10. The molecule has 2 N–H and O–H groups in total. The molecular formula is C49H48ClF6N3O5S2. The van der Waals surface area contributed by atoms with Crippen molar-refractivity contribution in [1.29, 1.82) is 0 Å². The topological polar surface area (TPSA) is 89.1 Å². The largest absolute Gasteiger partial charge is 0.488 e. The molecule has 4 heterocycles. The normalized spacial score (nSPS) is 13.3. The van der Waals surface area contributed by atoms with Crippen LogP contribution in [-0.2, 0) is 47.9 Å². The Balaban J connectivity index is 0.000000231. The van der Waals surface area contributed by atoms with E-state index in [-0.39, 0.29) is 42.7 Å². The number of ether oxygens (including phenoxy) is 3. The Morgan fingerprint density at radius 2 is 1.17 bits per heavy atom. The number of benzene rings is 4. The molecular weight excluding hydrogens is 924 g/mol. The smallest absolute Gasteiger partial charge is 0.426 e. The standard InChI is InChI=1S/C29H31F3N2O4S.C20H16F3NOS.ClH/c1-27(2,3)38-26(36)33-28(4,5)25(35)34-14-13-19-15-20(11-12-23(19)34)37-17-21-16-22(18-9-7-6-8-10-18)24(39-21)29(30,31)32;21-20(22,23)19-17(13-4-2-1-3-5-13)11-16(26-19)12-25-15-6-7-18-14(10-15)8-9-24-18;/h6-12,15-16H,13-14,17H2,1-5H3,(H,33,36);1-7,10-11,24H,8-9,12H2;1H. The number of thiophene rings is 2. The first-order chi connectivity index (χ1) is 30.6. The molecule has 0 saturated heterocycles. The SMILES string of the molecule is CC(C)(C)OC(=O)NC(C)(C)C(=O)N1CCc2cc(OCc3cc(-c4ccccc4)c(C(F)(F)F)s3)ccc21.Cl.FC(F)(F)c1sc(COc2ccc3c(c2)CCN3)cc1-c1ccccc1. The van der Waals surface area contributed by atoms with Crippen molar-refractivity contribution in [1.82, 2.24) is 5.32 Å². The molecule has 0 aliphatic carbocycles. The molecule has 17 heteroatoms. The highest BCUT2D eigenvalue weighted by molar-refractivity contribution is 7.13. The second-order valence-corrected chi connectivity index (χ2v) is 19.2. The van der Waals surface area contributed by atoms with Crippen LogP contribution in [0.25, 0.3) is 22.3 Å². The minimum Gasteiger partial charge on any atom is -0.488 e. The number of carbonyl (C=O) groups is 2. The molecule has 0 atom stereocenters. The third-order valence-corrected chi connectivity index (χ3v) is 12.6. The van der Waals surface area contributed by atoms with Crippen molar-refractivity contribution in [2.24, 2.45) is 0 Å². The number of halogens is 7. The number of alkyl halides is 6. The van der Waals surface area contributed by atoms with Gasteiger partial charge in [-0.05, 0) is 118 Å². The minimum atomic E-state index is -4.47. The predicted octanol–water partition coefficient (Wildman–Crippen LogP) is 13.6. The van der Waals surface area contributed by atoms with Crippen molar-refractivity contribution in [3.63, 3.8) is 0 Å². The van der Waals surface area contributed by atoms with Crippen molar-refractivity contribution in [2.75, 3.05) is 23.3 Å². The molecule has 8 nitrogen and oxygen atoms in total. The number of hydrogen-bond donors (Lipinski definition) is 2. The molecule has 2 aromatic heterocycles. The monoisotopic (exact) mass is 971 g/mol. The summed E-state index contributed by atoms with van der Waals surface area (Å²) in [5.74, 6) is 0.889. The maximum Gasteiger partial charge on any atom is 0.426 e. The third-order valence-electron chi connectivity index (χ3n) is 10.3. The fourth-order valence-corrected chi connectivity index (χ4v) is 9.34. The summed E-state index contributed by atoms with van der Waals surface area (Å²) in [6.07, 6.45) is -8.02. The molecule has 6 aromatic rings. The summed E-state index contributed by atoms with van der Waals surface area (Å²) >= 11 is 1.42. The van der Waals surface area contributed by atoms with E-state index in [2.05, 4.69) is 10.6 Å². The lowest BCUT2D eigenvalue weighted by atomic mass is 10.0. The minimum absolute atomic E-state index is 0. The Morgan fingerprint density at radius 3 is 1.67 bits per heavy atom. The highest BCUT2D eigenvalue weighted by Crippen LogP contribution is 2.45. The van der Waals surface area contributed by atoms with E-state index in [4.69, 9.17) is 14.2 Å². The number of alkyl carbamates (subject to hydrolysis) is 1. The zero-order chi connectivity index (χ0) is 46.7. The van der Waals surface area contributed by atoms with Gasteiger partial charge in [0.05, 0.1) is 0 Å². The van der Waals surface area contributed by atoms with Gasteiger partial charge < -0.3 is 29.7 Å². The Labute approximate surface area is 393 Å². The molecule has 2 amide bonds. The number of fused-ring (bicyclic) bond motifs is 2. The van der Waals surface area contributed by atoms with Crippen LogP contribution in [-0.4, -0.2) is 36.2 Å². The van der Waals surface area contributed by atoms with Gasteiger partial charge in [0.15, 0.2) is 0 Å². The second-order valence-electron chi connectivity index (χ2n) is 17.0. The van der Waals surface area contributed by atoms with E-state index in [1.807, 2.05) is 18.2 Å². The van der Waals surface area contributed by atoms with Gasteiger partial charge in [-0.25, -0.2) is 4.79 Å². The zero-order valence-corrected chi connectivity index (χ0v) is 39.1. The van der Waals surface area contributed by atoms with Gasteiger partial charge in [-0.15, -0.1) is 35.1 Å². The van der Waals surface area contributed by atoms with E-state index < -0.39 is 39.3 Å². The molecule has 0 fully saturated rings. The van der Waals surface area contributed by atoms with Gasteiger partial charge >= 0.3 is 18.4 Å². The molecule has 350 valence electrons. The quantitative estimate of drug-likeness (QED) is 0.133. The van der Waals surface area contributed by atoms with E-state index in [1.54, 1.807) is 124 Å². The lowest BCUT2D eigenvalue weighted by Gasteiger charge is -2.31. The zero-order valence-electron chi connectivity index (χ0n) is 36.6. The fourth-order valence-electron chi connectivity index (χ4n) is 7.42. The van der Waals surface area contributed by atoms with Crippen molar-refractivity contribution in [2.45, 2.75) is 84.2 Å². The van der Waals surface area contributed by atoms with Crippen LogP contribution in [0.1, 0.15) is 65.3 Å². The average Bonchev–Trinajstić information content (AvgIpc) is 4.07. The molecule has 0 bridgehead atoms. The van der Waals surface area contributed by atoms with E-state index >= 15 is 0 Å². The van der Waals surface area contributed by atoms with Crippen molar-refractivity contribution >= 4 is 58.5 Å². The van der Waals surface area contributed by atoms with E-state index in [0.29, 0.717) is 62.4 Å². The van der Waals surface area contributed by atoms with Crippen LogP contribution in [0, 0.1) is 0 Å². The summed E-state index contributed by atoms with van der Waals surface area (Å²) in [7, 11) is 0. The number of hydrogen-bond acceptors (Lipinski definition) is 8. The summed E-state index contributed by atoms with van der Waals surface area (Å²) < 4.78 is 98.3. The molecule has 2 aliphatic heterocycles. The van der Waals surface area contributed by atoms with Gasteiger partial charge in [0.1, 0.15) is 45.6 Å². The maximum atomic E-state index is 13.7. The van der Waals surface area contributed by atoms with Gasteiger partial charge in [-0.2, -0.15) is 26.3 Å². The van der Waals surface area contributed by atoms with Crippen LogP contribution in [0.15, 0.2) is 109 Å². The second kappa shape index (κ2) is 20.0. The molecule has 66 heavy (non-hydrogen) atoms. The van der Waals surface area contributed by atoms with Crippen molar-refractivity contribution in [3.05, 3.63) is 140 Å². The summed E-state index contributed by atoms with van der Waals surface area (Å²) in [6, 6.07) is 31.2. The lowest BCUT2D eigenvalue weighted by molar-refractivity contribution is -0.134. The van der Waals surface area contributed by atoms with Crippen LogP contribution in [0.4, 0.5) is 42.5 Å². The number of anilines is 2. The number of amides is 2. The summed E-state index contributed by atoms with van der Waals surface area (Å²) in [5, 5.41) is 5.91. The predicted molar refractivity (Wildman–Crippen MR) is 250 cm³/mol. The Hall–Kier alpha value is -5.71. The number of nitrogens with one attached hydrogen (secondary N) is 2. The molecule has 0 saturated carbocycles. The Morgan fingerprint density at radius 1 is 0.667 bits per heavy atom. The first-order valence-corrected chi connectivity index (χ1v) is 22.4. The van der Waals surface area contributed by atoms with Crippen LogP contribution in [0.5, 0.6) is 11.5 Å². The molecule has 0 radical (unpaired) electrons. The summed E-state index contributed by atoms with van der Waals surface area (Å²) in [4.78, 5) is 26.9. The van der Waals surface area contributed by atoms with E-state index in [1.165, 1.54) is 11.6 Å². The van der Waals surface area contributed by atoms with Crippen LogP contribution >= 0.6 is 35.1 Å². The van der Waals surface area contributed by atoms with E-state index in [9.17, 15) is 35.9 Å². The van der Waals surface area contributed by atoms with Gasteiger partial charge in [0.25, 0.3) is 5.91 Å². The average molecular weight is 973 g/mol. The molecule has 0 spiro atoms. The van der Waals surface area contributed by atoms with Crippen molar-refractivity contribution < 1.29 is 50.1 Å².